The minimum Gasteiger partial charge on any atom is -0.370 e. The van der Waals surface area contributed by atoms with Gasteiger partial charge in [-0.25, -0.2) is 0 Å². The van der Waals surface area contributed by atoms with Crippen molar-refractivity contribution in [3.63, 3.8) is 0 Å². The number of nitrogens with one attached hydrogen (secondary N) is 1. The van der Waals surface area contributed by atoms with Crippen molar-refractivity contribution in [3.8, 4) is 0 Å². The summed E-state index contributed by atoms with van der Waals surface area (Å²) in [5, 5.41) is 3.56. The average Bonchev–Trinajstić information content (AvgIpc) is 2.49. The molecule has 1 heterocycles. The highest BCUT2D eigenvalue weighted by Crippen LogP contribution is 2.33. The molecule has 2 atom stereocenters. The number of benzene rings is 2. The van der Waals surface area contributed by atoms with Crippen molar-refractivity contribution < 1.29 is 4.74 Å². The van der Waals surface area contributed by atoms with Crippen molar-refractivity contribution in [1.82, 2.24) is 5.32 Å². The lowest BCUT2D eigenvalue weighted by Crippen LogP contribution is -2.37. The van der Waals surface area contributed by atoms with Crippen LogP contribution in [-0.2, 0) is 4.74 Å². The molecule has 1 aliphatic rings. The van der Waals surface area contributed by atoms with Crippen LogP contribution in [0.15, 0.2) is 60.7 Å². The summed E-state index contributed by atoms with van der Waals surface area (Å²) in [6, 6.07) is 21.2. The molecule has 0 saturated carbocycles. The molecule has 2 aromatic carbocycles. The van der Waals surface area contributed by atoms with E-state index in [9.17, 15) is 0 Å². The van der Waals surface area contributed by atoms with Crippen LogP contribution in [0.25, 0.3) is 0 Å². The summed E-state index contributed by atoms with van der Waals surface area (Å²) in [6.07, 6.45) is 0.0994. The zero-order chi connectivity index (χ0) is 12.2. The van der Waals surface area contributed by atoms with Crippen molar-refractivity contribution in [2.24, 2.45) is 0 Å². The predicted octanol–water partition coefficient (Wildman–Crippen LogP) is 3.09. The third-order valence-electron chi connectivity index (χ3n) is 3.35. The van der Waals surface area contributed by atoms with Crippen LogP contribution in [0.4, 0.5) is 0 Å². The molecule has 0 radical (unpaired) electrons. The maximum absolute atomic E-state index is 5.97. The zero-order valence-corrected chi connectivity index (χ0v) is 10.3. The van der Waals surface area contributed by atoms with Crippen LogP contribution in [0.1, 0.15) is 23.3 Å². The Morgan fingerprint density at radius 1 is 0.833 bits per heavy atom. The quantitative estimate of drug-likeness (QED) is 0.869. The first-order valence-corrected chi connectivity index (χ1v) is 6.40. The van der Waals surface area contributed by atoms with Gasteiger partial charge in [0.05, 0.1) is 12.6 Å². The third kappa shape index (κ3) is 2.30. The molecule has 2 nitrogen and oxygen atoms in total. The Kier molecular flexibility index (Phi) is 3.40. The molecule has 2 heteroatoms. The van der Waals surface area contributed by atoms with Gasteiger partial charge in [-0.15, -0.1) is 0 Å². The van der Waals surface area contributed by atoms with E-state index < -0.39 is 0 Å². The van der Waals surface area contributed by atoms with Crippen molar-refractivity contribution in [2.45, 2.75) is 12.1 Å². The van der Waals surface area contributed by atoms with E-state index in [2.05, 4.69) is 53.8 Å². The number of rotatable bonds is 2. The van der Waals surface area contributed by atoms with Crippen LogP contribution >= 0.6 is 0 Å². The fourth-order valence-corrected chi connectivity index (χ4v) is 2.49. The highest BCUT2D eigenvalue weighted by molar-refractivity contribution is 5.26. The summed E-state index contributed by atoms with van der Waals surface area (Å²) < 4.78 is 5.97. The number of morpholine rings is 1. The summed E-state index contributed by atoms with van der Waals surface area (Å²) in [6.45, 7) is 1.67. The number of ether oxygens (including phenoxy) is 1. The van der Waals surface area contributed by atoms with Gasteiger partial charge in [0, 0.05) is 6.54 Å². The molecule has 2 aromatic rings. The van der Waals surface area contributed by atoms with E-state index in [0.717, 1.165) is 13.2 Å². The van der Waals surface area contributed by atoms with Gasteiger partial charge in [0.15, 0.2) is 0 Å². The average molecular weight is 239 g/mol. The second kappa shape index (κ2) is 5.34. The Labute approximate surface area is 108 Å². The van der Waals surface area contributed by atoms with Gasteiger partial charge < -0.3 is 10.1 Å². The Morgan fingerprint density at radius 3 is 2.11 bits per heavy atom. The second-order valence-electron chi connectivity index (χ2n) is 4.54. The molecular weight excluding hydrogens is 222 g/mol. The van der Waals surface area contributed by atoms with Gasteiger partial charge in [0.25, 0.3) is 0 Å². The second-order valence-corrected chi connectivity index (χ2v) is 4.54. The lowest BCUT2D eigenvalue weighted by molar-refractivity contribution is -0.00632. The number of hydrogen-bond donors (Lipinski definition) is 1. The van der Waals surface area contributed by atoms with Gasteiger partial charge in [-0.3, -0.25) is 0 Å². The summed E-state index contributed by atoms with van der Waals surface area (Å²) in [7, 11) is 0. The molecule has 1 saturated heterocycles. The molecule has 0 bridgehead atoms. The Bertz CT molecular complexity index is 435. The number of hydrogen-bond acceptors (Lipinski definition) is 2. The maximum Gasteiger partial charge on any atom is 0.102 e. The lowest BCUT2D eigenvalue weighted by Gasteiger charge is -2.33. The van der Waals surface area contributed by atoms with Crippen molar-refractivity contribution >= 4 is 0 Å². The molecule has 92 valence electrons. The predicted molar refractivity (Wildman–Crippen MR) is 72.3 cm³/mol. The van der Waals surface area contributed by atoms with E-state index in [1.54, 1.807) is 0 Å². The minimum absolute atomic E-state index is 0.0994. The van der Waals surface area contributed by atoms with Gasteiger partial charge in [0.2, 0.25) is 0 Å². The molecule has 18 heavy (non-hydrogen) atoms. The van der Waals surface area contributed by atoms with Crippen LogP contribution in [0.3, 0.4) is 0 Å². The van der Waals surface area contributed by atoms with E-state index >= 15 is 0 Å². The summed E-state index contributed by atoms with van der Waals surface area (Å²) in [4.78, 5) is 0. The first kappa shape index (κ1) is 11.5. The first-order chi connectivity index (χ1) is 8.95. The highest BCUT2D eigenvalue weighted by atomic mass is 16.5. The molecular formula is C16H17NO. The molecule has 0 unspecified atom stereocenters. The summed E-state index contributed by atoms with van der Waals surface area (Å²) in [5.41, 5.74) is 2.52. The van der Waals surface area contributed by atoms with E-state index in [1.165, 1.54) is 11.1 Å². The summed E-state index contributed by atoms with van der Waals surface area (Å²) in [5.74, 6) is 0. The SMILES string of the molecule is c1ccc([C@H]2NCCO[C@@H]2c2ccccc2)cc1. The van der Waals surface area contributed by atoms with Gasteiger partial charge in [-0.1, -0.05) is 60.7 Å². The molecule has 0 spiro atoms. The Morgan fingerprint density at radius 2 is 1.44 bits per heavy atom. The molecule has 3 rings (SSSR count). The normalized spacial score (nSPS) is 23.8. The van der Waals surface area contributed by atoms with Crippen LogP contribution in [0, 0.1) is 0 Å². The van der Waals surface area contributed by atoms with Crippen molar-refractivity contribution in [3.05, 3.63) is 71.8 Å². The fraction of sp³-hybridized carbons (Fsp3) is 0.250. The lowest BCUT2D eigenvalue weighted by atomic mass is 9.94. The minimum atomic E-state index is 0.0994. The Balaban J connectivity index is 1.92. The molecule has 1 N–H and O–H groups in total. The van der Waals surface area contributed by atoms with Crippen LogP contribution in [0.5, 0.6) is 0 Å². The molecule has 0 aromatic heterocycles. The van der Waals surface area contributed by atoms with Crippen molar-refractivity contribution in [1.29, 1.82) is 0 Å². The van der Waals surface area contributed by atoms with Gasteiger partial charge in [-0.05, 0) is 11.1 Å². The smallest absolute Gasteiger partial charge is 0.102 e. The summed E-state index contributed by atoms with van der Waals surface area (Å²) >= 11 is 0. The van der Waals surface area contributed by atoms with E-state index in [1.807, 2.05) is 12.1 Å². The monoisotopic (exact) mass is 239 g/mol. The molecule has 1 fully saturated rings. The molecule has 1 aliphatic heterocycles. The van der Waals surface area contributed by atoms with Gasteiger partial charge in [-0.2, -0.15) is 0 Å². The largest absolute Gasteiger partial charge is 0.370 e. The molecule has 0 amide bonds. The first-order valence-electron chi connectivity index (χ1n) is 6.40. The van der Waals surface area contributed by atoms with Crippen LogP contribution in [0.2, 0.25) is 0 Å². The fourth-order valence-electron chi connectivity index (χ4n) is 2.49. The Hall–Kier alpha value is -1.64. The van der Waals surface area contributed by atoms with Gasteiger partial charge >= 0.3 is 0 Å². The standard InChI is InChI=1S/C16H17NO/c1-3-7-13(8-4-1)15-16(18-12-11-17-15)14-9-5-2-6-10-14/h1-10,15-17H,11-12H2/t15-,16-/m1/s1. The molecule has 0 aliphatic carbocycles. The van der Waals surface area contributed by atoms with E-state index in [4.69, 9.17) is 4.74 Å². The maximum atomic E-state index is 5.97. The van der Waals surface area contributed by atoms with Gasteiger partial charge in [0.1, 0.15) is 6.10 Å². The van der Waals surface area contributed by atoms with E-state index in [-0.39, 0.29) is 12.1 Å². The van der Waals surface area contributed by atoms with Crippen molar-refractivity contribution in [2.75, 3.05) is 13.2 Å². The highest BCUT2D eigenvalue weighted by Gasteiger charge is 2.27. The van der Waals surface area contributed by atoms with Crippen LogP contribution < -0.4 is 5.32 Å². The van der Waals surface area contributed by atoms with Crippen LogP contribution in [-0.4, -0.2) is 13.2 Å². The third-order valence-corrected chi connectivity index (χ3v) is 3.35. The van der Waals surface area contributed by atoms with E-state index in [0.29, 0.717) is 0 Å². The zero-order valence-electron chi connectivity index (χ0n) is 10.3. The topological polar surface area (TPSA) is 21.3 Å².